The van der Waals surface area contributed by atoms with E-state index in [0.29, 0.717) is 43.2 Å². The molecule has 2 fully saturated rings. The van der Waals surface area contributed by atoms with Crippen molar-refractivity contribution in [3.63, 3.8) is 0 Å². The lowest BCUT2D eigenvalue weighted by Crippen LogP contribution is -2.72. The molecule has 1 N–H and O–H groups in total. The molecule has 0 bridgehead atoms. The second-order valence-corrected chi connectivity index (χ2v) is 12.2. The molecule has 2 aromatic carbocycles. The van der Waals surface area contributed by atoms with Gasteiger partial charge in [0.05, 0.1) is 6.26 Å². The lowest BCUT2D eigenvalue weighted by Gasteiger charge is -2.59. The molecule has 4 rings (SSSR count). The van der Waals surface area contributed by atoms with Crippen LogP contribution in [0.5, 0.6) is 0 Å². The number of halogens is 6. The summed E-state index contributed by atoms with van der Waals surface area (Å²) in [6.07, 6.45) is -10.1. The largest absolute Gasteiger partial charge is 0.430 e. The van der Waals surface area contributed by atoms with Gasteiger partial charge in [-0.2, -0.15) is 26.3 Å². The van der Waals surface area contributed by atoms with Gasteiger partial charge in [0.15, 0.2) is 0 Å². The fraction of sp³-hybridized carbons (Fsp3) is 0.520. The smallest absolute Gasteiger partial charge is 0.369 e. The highest BCUT2D eigenvalue weighted by Crippen LogP contribution is 2.50. The summed E-state index contributed by atoms with van der Waals surface area (Å²) >= 11 is 0. The zero-order valence-corrected chi connectivity index (χ0v) is 21.4. The van der Waals surface area contributed by atoms with Crippen LogP contribution in [0.3, 0.4) is 0 Å². The molecule has 2 aliphatic heterocycles. The molecular weight excluding hydrogens is 522 g/mol. The van der Waals surface area contributed by atoms with Gasteiger partial charge in [0, 0.05) is 43.7 Å². The summed E-state index contributed by atoms with van der Waals surface area (Å²) in [4.78, 5) is 2.21. The van der Waals surface area contributed by atoms with Gasteiger partial charge in [0.2, 0.25) is 10.0 Å². The fourth-order valence-corrected chi connectivity index (χ4v) is 6.41. The SMILES string of the molecule is CCc1cc(CN2CC3(C2)CN(S(C)(=O)=O)C3)ccc1-c1ccc(C(O)(C(F)(F)F)C(F)(F)F)cc1C. The third kappa shape index (κ3) is 4.88. The first-order valence-electron chi connectivity index (χ1n) is 11.7. The van der Waals surface area contributed by atoms with Crippen LogP contribution in [-0.4, -0.2) is 67.5 Å². The van der Waals surface area contributed by atoms with E-state index in [0.717, 1.165) is 30.3 Å². The summed E-state index contributed by atoms with van der Waals surface area (Å²) in [5.41, 5.74) is -2.99. The summed E-state index contributed by atoms with van der Waals surface area (Å²) in [5.74, 6) is 0. The Morgan fingerprint density at radius 2 is 1.49 bits per heavy atom. The Bertz CT molecular complexity index is 1280. The van der Waals surface area contributed by atoms with Crippen LogP contribution in [0.25, 0.3) is 11.1 Å². The number of rotatable bonds is 6. The molecule has 0 atom stereocenters. The molecule has 0 saturated carbocycles. The summed E-state index contributed by atoms with van der Waals surface area (Å²) in [6.45, 7) is 6.58. The van der Waals surface area contributed by atoms with Gasteiger partial charge in [-0.25, -0.2) is 12.7 Å². The number of likely N-dealkylation sites (tertiary alicyclic amines) is 1. The second-order valence-electron chi connectivity index (χ2n) is 10.3. The van der Waals surface area contributed by atoms with E-state index < -0.39 is 33.5 Å². The molecule has 1 spiro atoms. The standard InChI is InChI=1S/C25H28F6N2O3S/c1-4-18-10-17(11-32-12-22(13-32)14-33(15-22)37(3,35)36)5-7-21(18)20-8-6-19(9-16(20)2)23(34,24(26,27)28)25(29,30)31/h5-10,34H,4,11-15H2,1-3H3. The zero-order chi connectivity index (χ0) is 27.6. The Hall–Kier alpha value is -2.15. The molecule has 0 radical (unpaired) electrons. The van der Waals surface area contributed by atoms with Crippen LogP contribution in [-0.2, 0) is 28.6 Å². The van der Waals surface area contributed by atoms with E-state index in [1.807, 2.05) is 19.1 Å². The third-order valence-corrected chi connectivity index (χ3v) is 8.52. The first kappa shape index (κ1) is 27.9. The second kappa shape index (κ2) is 8.96. The van der Waals surface area contributed by atoms with Crippen LogP contribution in [0.15, 0.2) is 36.4 Å². The molecule has 204 valence electrons. The monoisotopic (exact) mass is 550 g/mol. The van der Waals surface area contributed by atoms with Crippen molar-refractivity contribution >= 4 is 10.0 Å². The average molecular weight is 551 g/mol. The molecule has 12 heteroatoms. The third-order valence-electron chi connectivity index (χ3n) is 7.32. The van der Waals surface area contributed by atoms with Crippen molar-refractivity contribution < 1.29 is 39.9 Å². The Kier molecular flexibility index (Phi) is 6.75. The van der Waals surface area contributed by atoms with Gasteiger partial charge in [-0.3, -0.25) is 4.90 Å². The Labute approximate surface area is 211 Å². The molecule has 0 amide bonds. The molecule has 0 aliphatic carbocycles. The van der Waals surface area contributed by atoms with Crippen molar-refractivity contribution in [1.29, 1.82) is 0 Å². The molecule has 2 aromatic rings. The van der Waals surface area contributed by atoms with E-state index in [4.69, 9.17) is 0 Å². The van der Waals surface area contributed by atoms with Crippen molar-refractivity contribution in [2.24, 2.45) is 5.41 Å². The van der Waals surface area contributed by atoms with Crippen LogP contribution in [0.1, 0.15) is 29.2 Å². The van der Waals surface area contributed by atoms with Crippen molar-refractivity contribution in [1.82, 2.24) is 9.21 Å². The molecular formula is C25H28F6N2O3S. The highest BCUT2D eigenvalue weighted by Gasteiger charge is 2.71. The van der Waals surface area contributed by atoms with Gasteiger partial charge in [-0.05, 0) is 41.2 Å². The number of benzene rings is 2. The summed E-state index contributed by atoms with van der Waals surface area (Å²) in [7, 11) is -3.17. The highest BCUT2D eigenvalue weighted by molar-refractivity contribution is 7.88. The van der Waals surface area contributed by atoms with Crippen LogP contribution >= 0.6 is 0 Å². The fourth-order valence-electron chi connectivity index (χ4n) is 5.39. The van der Waals surface area contributed by atoms with E-state index in [2.05, 4.69) is 4.90 Å². The minimum atomic E-state index is -5.94. The maximum absolute atomic E-state index is 13.3. The van der Waals surface area contributed by atoms with Crippen molar-refractivity contribution in [3.8, 4) is 11.1 Å². The number of hydrogen-bond acceptors (Lipinski definition) is 4. The predicted octanol–water partition coefficient (Wildman–Crippen LogP) is 4.61. The maximum Gasteiger partial charge on any atom is 0.430 e. The van der Waals surface area contributed by atoms with Crippen LogP contribution in [0.4, 0.5) is 26.3 Å². The van der Waals surface area contributed by atoms with E-state index in [1.54, 1.807) is 6.07 Å². The summed E-state index contributed by atoms with van der Waals surface area (Å²) in [5, 5.41) is 9.72. The minimum Gasteiger partial charge on any atom is -0.369 e. The Morgan fingerprint density at radius 1 is 0.919 bits per heavy atom. The molecule has 2 aliphatic rings. The molecule has 2 heterocycles. The minimum absolute atomic E-state index is 0.00419. The number of aryl methyl sites for hydroxylation is 2. The van der Waals surface area contributed by atoms with Crippen LogP contribution < -0.4 is 0 Å². The Balaban J connectivity index is 1.52. The lowest BCUT2D eigenvalue weighted by molar-refractivity contribution is -0.376. The van der Waals surface area contributed by atoms with Crippen molar-refractivity contribution in [2.45, 2.75) is 44.8 Å². The number of sulfonamides is 1. The van der Waals surface area contributed by atoms with E-state index in [9.17, 15) is 39.9 Å². The molecule has 0 aromatic heterocycles. The van der Waals surface area contributed by atoms with Gasteiger partial charge in [-0.15, -0.1) is 0 Å². The number of hydrogen-bond donors (Lipinski definition) is 1. The average Bonchev–Trinajstić information content (AvgIpc) is 2.71. The van der Waals surface area contributed by atoms with E-state index in [-0.39, 0.29) is 11.0 Å². The van der Waals surface area contributed by atoms with Gasteiger partial charge >= 0.3 is 12.4 Å². The van der Waals surface area contributed by atoms with E-state index in [1.165, 1.54) is 23.6 Å². The van der Waals surface area contributed by atoms with Gasteiger partial charge < -0.3 is 5.11 Å². The molecule has 2 saturated heterocycles. The maximum atomic E-state index is 13.3. The van der Waals surface area contributed by atoms with Crippen molar-refractivity contribution in [2.75, 3.05) is 32.4 Å². The molecule has 37 heavy (non-hydrogen) atoms. The Morgan fingerprint density at radius 3 is 1.97 bits per heavy atom. The van der Waals surface area contributed by atoms with Crippen LogP contribution in [0, 0.1) is 12.3 Å². The highest BCUT2D eigenvalue weighted by atomic mass is 32.2. The summed E-state index contributed by atoms with van der Waals surface area (Å²) < 4.78 is 104. The zero-order valence-electron chi connectivity index (χ0n) is 20.5. The quantitative estimate of drug-likeness (QED) is 0.534. The van der Waals surface area contributed by atoms with Gasteiger partial charge in [0.1, 0.15) is 0 Å². The van der Waals surface area contributed by atoms with Crippen molar-refractivity contribution in [3.05, 3.63) is 58.7 Å². The lowest BCUT2D eigenvalue weighted by atomic mass is 9.74. The summed E-state index contributed by atoms with van der Waals surface area (Å²) in [6, 6.07) is 8.25. The van der Waals surface area contributed by atoms with E-state index >= 15 is 0 Å². The number of alkyl halides is 6. The predicted molar refractivity (Wildman–Crippen MR) is 126 cm³/mol. The van der Waals surface area contributed by atoms with Gasteiger partial charge in [-0.1, -0.05) is 43.3 Å². The first-order chi connectivity index (χ1) is 16.9. The van der Waals surface area contributed by atoms with Crippen LogP contribution in [0.2, 0.25) is 0 Å². The number of aliphatic hydroxyl groups is 1. The number of nitrogens with zero attached hydrogens (tertiary/aromatic N) is 2. The van der Waals surface area contributed by atoms with Gasteiger partial charge in [0.25, 0.3) is 5.60 Å². The first-order valence-corrected chi connectivity index (χ1v) is 13.5. The molecule has 5 nitrogen and oxygen atoms in total. The topological polar surface area (TPSA) is 60.9 Å². The molecule has 0 unspecified atom stereocenters. The normalized spacial score (nSPS) is 19.1.